The number of methoxy groups -OCH3 is 1. The monoisotopic (exact) mass is 215 g/mol. The Kier molecular flexibility index (Phi) is 5.92. The maximum Gasteiger partial charge on any atom is 0.338 e. The number of ether oxygens (including phenoxy) is 1. The molecule has 0 heterocycles. The third kappa shape index (κ3) is 3.01. The molecule has 3 nitrogen and oxygen atoms in total. The van der Waals surface area contributed by atoms with Gasteiger partial charge < -0.3 is 10.1 Å². The lowest BCUT2D eigenvalue weighted by Crippen LogP contribution is -2.11. The molecule has 0 aliphatic carbocycles. The third-order valence-corrected chi connectivity index (χ3v) is 1.79. The fourth-order valence-corrected chi connectivity index (χ4v) is 1.17. The van der Waals surface area contributed by atoms with Crippen LogP contribution in [0.3, 0.4) is 0 Å². The summed E-state index contributed by atoms with van der Waals surface area (Å²) in [5, 5.41) is 3.00. The lowest BCUT2D eigenvalue weighted by molar-refractivity contribution is 0.0599. The molecule has 14 heavy (non-hydrogen) atoms. The van der Waals surface area contributed by atoms with Crippen LogP contribution >= 0.6 is 12.4 Å². The summed E-state index contributed by atoms with van der Waals surface area (Å²) >= 11 is 0. The Balaban J connectivity index is 0.00000169. The topological polar surface area (TPSA) is 38.3 Å². The van der Waals surface area contributed by atoms with Gasteiger partial charge in [-0.2, -0.15) is 0 Å². The van der Waals surface area contributed by atoms with Crippen molar-refractivity contribution < 1.29 is 9.53 Å². The summed E-state index contributed by atoms with van der Waals surface area (Å²) in [6.45, 7) is 0.672. The number of hydrogen-bond acceptors (Lipinski definition) is 3. The number of carbonyl (C=O) groups is 1. The predicted molar refractivity (Wildman–Crippen MR) is 57.8 cm³/mol. The van der Waals surface area contributed by atoms with Gasteiger partial charge in [-0.15, -0.1) is 12.4 Å². The summed E-state index contributed by atoms with van der Waals surface area (Å²) in [7, 11) is 3.23. The van der Waals surface area contributed by atoms with Gasteiger partial charge in [0.1, 0.15) is 0 Å². The van der Waals surface area contributed by atoms with Crippen LogP contribution in [0.4, 0.5) is 0 Å². The first-order chi connectivity index (χ1) is 6.29. The van der Waals surface area contributed by atoms with Crippen molar-refractivity contribution in [3.05, 3.63) is 35.4 Å². The number of nitrogens with one attached hydrogen (secondary N) is 1. The van der Waals surface area contributed by atoms with Gasteiger partial charge in [0.05, 0.1) is 12.7 Å². The molecule has 0 radical (unpaired) electrons. The Hall–Kier alpha value is -1.06. The van der Waals surface area contributed by atoms with Gasteiger partial charge in [-0.05, 0) is 18.7 Å². The number of carbonyl (C=O) groups excluding carboxylic acids is 1. The van der Waals surface area contributed by atoms with Gasteiger partial charge in [0, 0.05) is 6.54 Å². The highest BCUT2D eigenvalue weighted by Gasteiger charge is 2.09. The van der Waals surface area contributed by atoms with E-state index < -0.39 is 0 Å². The highest BCUT2D eigenvalue weighted by Crippen LogP contribution is 2.09. The van der Waals surface area contributed by atoms with Crippen LogP contribution in [-0.4, -0.2) is 20.1 Å². The van der Waals surface area contributed by atoms with Crippen LogP contribution in [-0.2, 0) is 11.3 Å². The van der Waals surface area contributed by atoms with Gasteiger partial charge in [-0.1, -0.05) is 18.2 Å². The fourth-order valence-electron chi connectivity index (χ4n) is 1.17. The Labute approximate surface area is 89.9 Å². The SMILES string of the molecule is CNCc1ccccc1C(=O)OC.Cl. The van der Waals surface area contributed by atoms with Crippen LogP contribution in [0.25, 0.3) is 0 Å². The van der Waals surface area contributed by atoms with Crippen molar-refractivity contribution in [1.82, 2.24) is 5.32 Å². The van der Waals surface area contributed by atoms with Gasteiger partial charge in [0.2, 0.25) is 0 Å². The lowest BCUT2D eigenvalue weighted by atomic mass is 10.1. The van der Waals surface area contributed by atoms with Gasteiger partial charge >= 0.3 is 5.97 Å². The number of halogens is 1. The van der Waals surface area contributed by atoms with Gasteiger partial charge in [-0.25, -0.2) is 4.79 Å². The molecule has 0 aliphatic heterocycles. The first kappa shape index (κ1) is 12.9. The van der Waals surface area contributed by atoms with E-state index >= 15 is 0 Å². The van der Waals surface area contributed by atoms with E-state index in [-0.39, 0.29) is 18.4 Å². The number of rotatable bonds is 3. The van der Waals surface area contributed by atoms with Crippen molar-refractivity contribution in [3.63, 3.8) is 0 Å². The second-order valence-electron chi connectivity index (χ2n) is 2.68. The second kappa shape index (κ2) is 6.40. The zero-order valence-corrected chi connectivity index (χ0v) is 9.06. The molecule has 1 rings (SSSR count). The number of esters is 1. The van der Waals surface area contributed by atoms with E-state index in [2.05, 4.69) is 10.1 Å². The van der Waals surface area contributed by atoms with E-state index in [4.69, 9.17) is 0 Å². The molecule has 78 valence electrons. The molecule has 0 saturated heterocycles. The minimum Gasteiger partial charge on any atom is -0.465 e. The molecule has 1 aromatic carbocycles. The highest BCUT2D eigenvalue weighted by molar-refractivity contribution is 5.90. The average molecular weight is 216 g/mol. The Morgan fingerprint density at radius 2 is 2.07 bits per heavy atom. The lowest BCUT2D eigenvalue weighted by Gasteiger charge is -2.06. The van der Waals surface area contributed by atoms with Crippen molar-refractivity contribution in [2.45, 2.75) is 6.54 Å². The van der Waals surface area contributed by atoms with Crippen LogP contribution in [0, 0.1) is 0 Å². The second-order valence-corrected chi connectivity index (χ2v) is 2.68. The molecule has 0 fully saturated rings. The quantitative estimate of drug-likeness (QED) is 0.779. The molecule has 0 aromatic heterocycles. The van der Waals surface area contributed by atoms with Gasteiger partial charge in [0.25, 0.3) is 0 Å². The minimum atomic E-state index is -0.286. The molecule has 1 aromatic rings. The van der Waals surface area contributed by atoms with Crippen molar-refractivity contribution in [1.29, 1.82) is 0 Å². The molecule has 0 bridgehead atoms. The third-order valence-electron chi connectivity index (χ3n) is 1.79. The van der Waals surface area contributed by atoms with E-state index in [1.165, 1.54) is 7.11 Å². The maximum absolute atomic E-state index is 11.3. The van der Waals surface area contributed by atoms with Crippen LogP contribution in [0.15, 0.2) is 24.3 Å². The van der Waals surface area contributed by atoms with Crippen LogP contribution < -0.4 is 5.32 Å². The van der Waals surface area contributed by atoms with E-state index in [0.29, 0.717) is 12.1 Å². The van der Waals surface area contributed by atoms with E-state index in [9.17, 15) is 4.79 Å². The van der Waals surface area contributed by atoms with Gasteiger partial charge in [0.15, 0.2) is 0 Å². The van der Waals surface area contributed by atoms with Crippen molar-refractivity contribution in [2.75, 3.05) is 14.2 Å². The molecule has 0 aliphatic rings. The zero-order chi connectivity index (χ0) is 9.68. The molecule has 0 unspecified atom stereocenters. The zero-order valence-electron chi connectivity index (χ0n) is 8.24. The first-order valence-corrected chi connectivity index (χ1v) is 4.10. The van der Waals surface area contributed by atoms with Gasteiger partial charge in [-0.3, -0.25) is 0 Å². The molecule has 4 heteroatoms. The summed E-state index contributed by atoms with van der Waals surface area (Å²) < 4.78 is 4.66. The predicted octanol–water partition coefficient (Wildman–Crippen LogP) is 1.61. The molecule has 0 atom stereocenters. The normalized spacial score (nSPS) is 9.00. The van der Waals surface area contributed by atoms with Crippen LogP contribution in [0.2, 0.25) is 0 Å². The standard InChI is InChI=1S/C10H13NO2.ClH/c1-11-7-8-5-3-4-6-9(8)10(12)13-2;/h3-6,11H,7H2,1-2H3;1H. The average Bonchev–Trinajstić information content (AvgIpc) is 2.18. The van der Waals surface area contributed by atoms with Crippen molar-refractivity contribution in [2.24, 2.45) is 0 Å². The molecular formula is C10H14ClNO2. The van der Waals surface area contributed by atoms with Crippen LogP contribution in [0.5, 0.6) is 0 Å². The first-order valence-electron chi connectivity index (χ1n) is 4.10. The summed E-state index contributed by atoms with van der Waals surface area (Å²) in [4.78, 5) is 11.3. The molecule has 0 spiro atoms. The summed E-state index contributed by atoms with van der Waals surface area (Å²) in [6, 6.07) is 7.39. The van der Waals surface area contributed by atoms with Crippen molar-refractivity contribution in [3.8, 4) is 0 Å². The van der Waals surface area contributed by atoms with Crippen LogP contribution in [0.1, 0.15) is 15.9 Å². The smallest absolute Gasteiger partial charge is 0.338 e. The minimum absolute atomic E-state index is 0. The van der Waals surface area contributed by atoms with E-state index in [0.717, 1.165) is 5.56 Å². The number of benzene rings is 1. The number of hydrogen-bond donors (Lipinski definition) is 1. The summed E-state index contributed by atoms with van der Waals surface area (Å²) in [5.74, 6) is -0.286. The molecular weight excluding hydrogens is 202 g/mol. The molecule has 0 saturated carbocycles. The Bertz CT molecular complexity index is 302. The summed E-state index contributed by atoms with van der Waals surface area (Å²) in [6.07, 6.45) is 0. The van der Waals surface area contributed by atoms with E-state index in [1.807, 2.05) is 25.2 Å². The molecule has 1 N–H and O–H groups in total. The Morgan fingerprint density at radius 3 is 2.64 bits per heavy atom. The fraction of sp³-hybridized carbons (Fsp3) is 0.300. The highest BCUT2D eigenvalue weighted by atomic mass is 35.5. The largest absolute Gasteiger partial charge is 0.465 e. The van der Waals surface area contributed by atoms with E-state index in [1.54, 1.807) is 6.07 Å². The van der Waals surface area contributed by atoms with Crippen molar-refractivity contribution >= 4 is 18.4 Å². The Morgan fingerprint density at radius 1 is 1.43 bits per heavy atom. The maximum atomic E-state index is 11.3. The summed E-state index contributed by atoms with van der Waals surface area (Å²) in [5.41, 5.74) is 1.58. The molecule has 0 amide bonds.